The van der Waals surface area contributed by atoms with Crippen LogP contribution >= 0.6 is 11.6 Å². The van der Waals surface area contributed by atoms with E-state index in [1.54, 1.807) is 6.20 Å². The Hall–Kier alpha value is -1.13. The van der Waals surface area contributed by atoms with Crippen molar-refractivity contribution in [1.29, 1.82) is 0 Å². The standard InChI is InChI=1S/C15H20ClN3O/c1-3-14-11(5-7-20-14)9-19-13-4-6-17-8-12(13)18-15(19)10(2)16/h4,6,8,10-11,14H,3,5,7,9H2,1-2H3. The van der Waals surface area contributed by atoms with Gasteiger partial charge in [0.05, 0.1) is 23.2 Å². The topological polar surface area (TPSA) is 39.9 Å². The molecule has 2 aromatic rings. The largest absolute Gasteiger partial charge is 0.378 e. The zero-order valence-corrected chi connectivity index (χ0v) is 12.7. The molecular weight excluding hydrogens is 274 g/mol. The van der Waals surface area contributed by atoms with Crippen LogP contribution in [0.1, 0.15) is 37.9 Å². The lowest BCUT2D eigenvalue weighted by atomic mass is 9.99. The number of imidazole rings is 1. The van der Waals surface area contributed by atoms with E-state index in [0.717, 1.165) is 42.9 Å². The van der Waals surface area contributed by atoms with Gasteiger partial charge in [-0.05, 0) is 25.8 Å². The molecule has 20 heavy (non-hydrogen) atoms. The normalized spacial score (nSPS) is 24.4. The van der Waals surface area contributed by atoms with Gasteiger partial charge in [-0.15, -0.1) is 11.6 Å². The van der Waals surface area contributed by atoms with Crippen LogP contribution in [0.5, 0.6) is 0 Å². The molecule has 1 saturated heterocycles. The summed E-state index contributed by atoms with van der Waals surface area (Å²) in [6, 6.07) is 2.02. The number of ether oxygens (including phenoxy) is 1. The Kier molecular flexibility index (Phi) is 3.94. The van der Waals surface area contributed by atoms with Crippen molar-refractivity contribution in [3.63, 3.8) is 0 Å². The molecule has 0 spiro atoms. The molecule has 2 aromatic heterocycles. The van der Waals surface area contributed by atoms with E-state index < -0.39 is 0 Å². The maximum Gasteiger partial charge on any atom is 0.127 e. The van der Waals surface area contributed by atoms with Crippen LogP contribution in [0.4, 0.5) is 0 Å². The first-order valence-corrected chi connectivity index (χ1v) is 7.70. The average molecular weight is 294 g/mol. The minimum absolute atomic E-state index is 0.107. The zero-order valence-electron chi connectivity index (χ0n) is 11.9. The summed E-state index contributed by atoms with van der Waals surface area (Å²) in [6.45, 7) is 5.94. The van der Waals surface area contributed by atoms with Gasteiger partial charge in [0.1, 0.15) is 11.3 Å². The Labute approximate surface area is 124 Å². The second kappa shape index (κ2) is 5.70. The molecule has 3 unspecified atom stereocenters. The van der Waals surface area contributed by atoms with Gasteiger partial charge in [0, 0.05) is 25.3 Å². The first-order valence-electron chi connectivity index (χ1n) is 7.26. The summed E-state index contributed by atoms with van der Waals surface area (Å²) in [7, 11) is 0. The van der Waals surface area contributed by atoms with Crippen molar-refractivity contribution in [3.8, 4) is 0 Å². The van der Waals surface area contributed by atoms with Crippen molar-refractivity contribution >= 4 is 22.6 Å². The molecule has 0 radical (unpaired) electrons. The molecule has 0 amide bonds. The summed E-state index contributed by atoms with van der Waals surface area (Å²) in [6.07, 6.45) is 6.14. The van der Waals surface area contributed by atoms with Crippen LogP contribution in [0.15, 0.2) is 18.5 Å². The number of fused-ring (bicyclic) bond motifs is 1. The van der Waals surface area contributed by atoms with Crippen molar-refractivity contribution in [2.45, 2.75) is 44.7 Å². The molecule has 0 N–H and O–H groups in total. The Morgan fingerprint density at radius 1 is 1.55 bits per heavy atom. The Morgan fingerprint density at radius 2 is 2.40 bits per heavy atom. The maximum absolute atomic E-state index is 6.30. The van der Waals surface area contributed by atoms with Crippen molar-refractivity contribution in [3.05, 3.63) is 24.3 Å². The van der Waals surface area contributed by atoms with Crippen LogP contribution in [0.3, 0.4) is 0 Å². The summed E-state index contributed by atoms with van der Waals surface area (Å²) >= 11 is 6.30. The summed E-state index contributed by atoms with van der Waals surface area (Å²) in [5.41, 5.74) is 2.03. The van der Waals surface area contributed by atoms with E-state index in [1.165, 1.54) is 0 Å². The number of rotatable bonds is 4. The van der Waals surface area contributed by atoms with Crippen LogP contribution in [-0.2, 0) is 11.3 Å². The number of hydrogen-bond acceptors (Lipinski definition) is 3. The average Bonchev–Trinajstić information content (AvgIpc) is 3.04. The van der Waals surface area contributed by atoms with Crippen LogP contribution in [-0.4, -0.2) is 27.2 Å². The fourth-order valence-electron chi connectivity index (χ4n) is 3.08. The molecule has 4 nitrogen and oxygen atoms in total. The minimum atomic E-state index is -0.107. The highest BCUT2D eigenvalue weighted by Crippen LogP contribution is 2.30. The van der Waals surface area contributed by atoms with Crippen molar-refractivity contribution in [2.24, 2.45) is 5.92 Å². The van der Waals surface area contributed by atoms with Crippen LogP contribution < -0.4 is 0 Å². The number of alkyl halides is 1. The van der Waals surface area contributed by atoms with Gasteiger partial charge in [-0.25, -0.2) is 4.98 Å². The number of pyridine rings is 1. The van der Waals surface area contributed by atoms with Crippen LogP contribution in [0, 0.1) is 5.92 Å². The van der Waals surface area contributed by atoms with E-state index >= 15 is 0 Å². The molecule has 0 aromatic carbocycles. The monoisotopic (exact) mass is 293 g/mol. The molecule has 3 rings (SSSR count). The number of aromatic nitrogens is 3. The lowest BCUT2D eigenvalue weighted by Gasteiger charge is -2.19. The quantitative estimate of drug-likeness (QED) is 0.810. The minimum Gasteiger partial charge on any atom is -0.378 e. The third-order valence-electron chi connectivity index (χ3n) is 4.10. The Morgan fingerprint density at radius 3 is 3.15 bits per heavy atom. The van der Waals surface area contributed by atoms with E-state index in [4.69, 9.17) is 16.3 Å². The van der Waals surface area contributed by atoms with E-state index in [1.807, 2.05) is 19.2 Å². The smallest absolute Gasteiger partial charge is 0.127 e. The Bertz CT molecular complexity index is 596. The van der Waals surface area contributed by atoms with E-state index in [2.05, 4.69) is 21.5 Å². The predicted molar refractivity (Wildman–Crippen MR) is 79.9 cm³/mol. The number of halogens is 1. The van der Waals surface area contributed by atoms with Gasteiger partial charge in [-0.3, -0.25) is 4.98 Å². The highest BCUT2D eigenvalue weighted by molar-refractivity contribution is 6.20. The van der Waals surface area contributed by atoms with Crippen molar-refractivity contribution < 1.29 is 4.74 Å². The molecule has 1 aliphatic rings. The molecule has 0 aliphatic carbocycles. The van der Waals surface area contributed by atoms with Gasteiger partial charge in [0.15, 0.2) is 0 Å². The first-order chi connectivity index (χ1) is 9.70. The van der Waals surface area contributed by atoms with Gasteiger partial charge in [0.2, 0.25) is 0 Å². The molecule has 1 aliphatic heterocycles. The SMILES string of the molecule is CCC1OCCC1Cn1c(C(C)Cl)nc2cnccc21. The lowest BCUT2D eigenvalue weighted by Crippen LogP contribution is -2.21. The van der Waals surface area contributed by atoms with Crippen LogP contribution in [0.25, 0.3) is 11.0 Å². The van der Waals surface area contributed by atoms with Gasteiger partial charge in [-0.2, -0.15) is 0 Å². The fraction of sp³-hybridized carbons (Fsp3) is 0.600. The van der Waals surface area contributed by atoms with E-state index in [-0.39, 0.29) is 5.38 Å². The number of hydrogen-bond donors (Lipinski definition) is 0. The van der Waals surface area contributed by atoms with Crippen molar-refractivity contribution in [2.75, 3.05) is 6.61 Å². The summed E-state index contributed by atoms with van der Waals surface area (Å²) in [4.78, 5) is 8.78. The molecule has 5 heteroatoms. The fourth-order valence-corrected chi connectivity index (χ4v) is 3.25. The third kappa shape index (κ3) is 2.42. The predicted octanol–water partition coefficient (Wildman–Crippen LogP) is 3.55. The summed E-state index contributed by atoms with van der Waals surface area (Å²) < 4.78 is 8.04. The van der Waals surface area contributed by atoms with Gasteiger partial charge < -0.3 is 9.30 Å². The molecule has 1 fully saturated rings. The van der Waals surface area contributed by atoms with E-state index in [9.17, 15) is 0 Å². The highest BCUT2D eigenvalue weighted by Gasteiger charge is 2.28. The van der Waals surface area contributed by atoms with Gasteiger partial charge >= 0.3 is 0 Å². The molecule has 0 saturated carbocycles. The second-order valence-electron chi connectivity index (χ2n) is 5.43. The molecule has 3 heterocycles. The molecule has 108 valence electrons. The maximum atomic E-state index is 6.30. The lowest BCUT2D eigenvalue weighted by molar-refractivity contribution is 0.0835. The number of nitrogens with zero attached hydrogens (tertiary/aromatic N) is 3. The van der Waals surface area contributed by atoms with E-state index in [0.29, 0.717) is 12.0 Å². The summed E-state index contributed by atoms with van der Waals surface area (Å²) in [5, 5.41) is -0.107. The zero-order chi connectivity index (χ0) is 14.1. The third-order valence-corrected chi connectivity index (χ3v) is 4.30. The Balaban J connectivity index is 1.98. The molecule has 0 bridgehead atoms. The van der Waals surface area contributed by atoms with Gasteiger partial charge in [0.25, 0.3) is 0 Å². The van der Waals surface area contributed by atoms with Crippen LogP contribution in [0.2, 0.25) is 0 Å². The second-order valence-corrected chi connectivity index (χ2v) is 6.08. The van der Waals surface area contributed by atoms with Gasteiger partial charge in [-0.1, -0.05) is 6.92 Å². The van der Waals surface area contributed by atoms with Crippen molar-refractivity contribution in [1.82, 2.24) is 14.5 Å². The summed E-state index contributed by atoms with van der Waals surface area (Å²) in [5.74, 6) is 1.47. The molecule has 3 atom stereocenters. The first kappa shape index (κ1) is 13.8. The molecular formula is C15H20ClN3O. The highest BCUT2D eigenvalue weighted by atomic mass is 35.5.